The molecule has 0 saturated carbocycles. The van der Waals surface area contributed by atoms with Gasteiger partial charge in [-0.1, -0.05) is 6.92 Å². The molecule has 108 valence electrons. The molecular weight excluding hydrogens is 270 g/mol. The number of H-pyrrole nitrogens is 1. The highest BCUT2D eigenvalue weighted by Gasteiger charge is 2.34. The van der Waals surface area contributed by atoms with E-state index < -0.39 is 21.0 Å². The second-order valence-corrected chi connectivity index (χ2v) is 6.35. The lowest BCUT2D eigenvalue weighted by atomic mass is 10.3. The SMILES string of the molecule is CCCN(C(C)C)S(=O)(=O)c1n[nH]c(C)c1C(=O)O. The second kappa shape index (κ2) is 5.70. The summed E-state index contributed by atoms with van der Waals surface area (Å²) < 4.78 is 26.2. The molecule has 0 amide bonds. The summed E-state index contributed by atoms with van der Waals surface area (Å²) in [6.07, 6.45) is 0.642. The summed E-state index contributed by atoms with van der Waals surface area (Å²) in [4.78, 5) is 11.2. The van der Waals surface area contributed by atoms with Gasteiger partial charge in [-0.15, -0.1) is 0 Å². The summed E-state index contributed by atoms with van der Waals surface area (Å²) in [6.45, 7) is 7.15. The van der Waals surface area contributed by atoms with Crippen LogP contribution in [-0.2, 0) is 10.0 Å². The van der Waals surface area contributed by atoms with Crippen LogP contribution < -0.4 is 0 Å². The number of nitrogens with zero attached hydrogens (tertiary/aromatic N) is 2. The summed E-state index contributed by atoms with van der Waals surface area (Å²) in [6, 6.07) is -0.261. The normalized spacial score (nSPS) is 12.3. The second-order valence-electron chi connectivity index (χ2n) is 4.54. The van der Waals surface area contributed by atoms with Crippen molar-refractivity contribution in [3.63, 3.8) is 0 Å². The molecule has 0 aliphatic carbocycles. The zero-order chi connectivity index (χ0) is 14.8. The van der Waals surface area contributed by atoms with Crippen LogP contribution in [0.15, 0.2) is 5.03 Å². The monoisotopic (exact) mass is 289 g/mol. The van der Waals surface area contributed by atoms with Gasteiger partial charge in [-0.05, 0) is 27.2 Å². The van der Waals surface area contributed by atoms with Crippen LogP contribution in [0.1, 0.15) is 43.2 Å². The van der Waals surface area contributed by atoms with Crippen LogP contribution in [-0.4, -0.2) is 46.6 Å². The fourth-order valence-corrected chi connectivity index (χ4v) is 3.69. The van der Waals surface area contributed by atoms with Crippen molar-refractivity contribution in [1.82, 2.24) is 14.5 Å². The highest BCUT2D eigenvalue weighted by Crippen LogP contribution is 2.22. The van der Waals surface area contributed by atoms with Gasteiger partial charge in [0, 0.05) is 18.3 Å². The number of aromatic amines is 1. The molecule has 1 aromatic heterocycles. The van der Waals surface area contributed by atoms with Crippen LogP contribution in [0, 0.1) is 6.92 Å². The number of aromatic carboxylic acids is 1. The minimum absolute atomic E-state index is 0.228. The van der Waals surface area contributed by atoms with Gasteiger partial charge in [0.15, 0.2) is 0 Å². The predicted molar refractivity (Wildman–Crippen MR) is 69.6 cm³/mol. The molecule has 1 rings (SSSR count). The fraction of sp³-hybridized carbons (Fsp3) is 0.636. The third-order valence-corrected chi connectivity index (χ3v) is 4.71. The topological polar surface area (TPSA) is 103 Å². The molecule has 0 unspecified atom stereocenters. The minimum atomic E-state index is -3.91. The maximum Gasteiger partial charge on any atom is 0.340 e. The molecule has 2 N–H and O–H groups in total. The lowest BCUT2D eigenvalue weighted by molar-refractivity contribution is 0.0691. The highest BCUT2D eigenvalue weighted by molar-refractivity contribution is 7.89. The molecule has 0 aliphatic heterocycles. The maximum absolute atomic E-state index is 12.5. The highest BCUT2D eigenvalue weighted by atomic mass is 32.2. The molecule has 0 atom stereocenters. The summed E-state index contributed by atoms with van der Waals surface area (Å²) in [7, 11) is -3.91. The Bertz CT molecular complexity index is 562. The number of carboxylic acid groups (broad SMARTS) is 1. The molecule has 0 radical (unpaired) electrons. The molecule has 7 nitrogen and oxygen atoms in total. The standard InChI is InChI=1S/C11H19N3O4S/c1-5-6-14(7(2)3)19(17,18)10-9(11(15)16)8(4)12-13-10/h7H,5-6H2,1-4H3,(H,12,13)(H,15,16). The van der Waals surface area contributed by atoms with Gasteiger partial charge < -0.3 is 5.11 Å². The van der Waals surface area contributed by atoms with Crippen LogP contribution in [0.3, 0.4) is 0 Å². The Morgan fingerprint density at radius 2 is 2.05 bits per heavy atom. The van der Waals surface area contributed by atoms with Crippen LogP contribution >= 0.6 is 0 Å². The molecule has 19 heavy (non-hydrogen) atoms. The summed E-state index contributed by atoms with van der Waals surface area (Å²) in [5, 5.41) is 14.8. The summed E-state index contributed by atoms with van der Waals surface area (Å²) in [5.74, 6) is -1.30. The van der Waals surface area contributed by atoms with E-state index in [1.165, 1.54) is 11.2 Å². The quantitative estimate of drug-likeness (QED) is 0.819. The van der Waals surface area contributed by atoms with E-state index >= 15 is 0 Å². The number of aromatic nitrogens is 2. The average molecular weight is 289 g/mol. The van der Waals surface area contributed by atoms with Crippen LogP contribution in [0.25, 0.3) is 0 Å². The van der Waals surface area contributed by atoms with Crippen molar-refractivity contribution in [3.8, 4) is 0 Å². The molecule has 0 bridgehead atoms. The number of sulfonamides is 1. The zero-order valence-corrected chi connectivity index (χ0v) is 12.3. The Balaban J connectivity index is 3.38. The van der Waals surface area contributed by atoms with Crippen LogP contribution in [0.4, 0.5) is 0 Å². The van der Waals surface area contributed by atoms with Crippen molar-refractivity contribution < 1.29 is 18.3 Å². The first-order valence-electron chi connectivity index (χ1n) is 6.03. The van der Waals surface area contributed by atoms with Gasteiger partial charge in [-0.25, -0.2) is 13.2 Å². The third kappa shape index (κ3) is 2.95. The molecule has 0 aromatic carbocycles. The number of carbonyl (C=O) groups is 1. The van der Waals surface area contributed by atoms with E-state index in [4.69, 9.17) is 5.11 Å². The smallest absolute Gasteiger partial charge is 0.340 e. The van der Waals surface area contributed by atoms with Gasteiger partial charge >= 0.3 is 5.97 Å². The maximum atomic E-state index is 12.5. The minimum Gasteiger partial charge on any atom is -0.478 e. The molecular formula is C11H19N3O4S. The largest absolute Gasteiger partial charge is 0.478 e. The van der Waals surface area contributed by atoms with Gasteiger partial charge in [-0.3, -0.25) is 5.10 Å². The van der Waals surface area contributed by atoms with Gasteiger partial charge in [-0.2, -0.15) is 9.40 Å². The van der Waals surface area contributed by atoms with E-state index in [0.29, 0.717) is 13.0 Å². The van der Waals surface area contributed by atoms with Crippen molar-refractivity contribution in [2.75, 3.05) is 6.54 Å². The van der Waals surface area contributed by atoms with Crippen LogP contribution in [0.2, 0.25) is 0 Å². The number of carboxylic acids is 1. The van der Waals surface area contributed by atoms with E-state index in [9.17, 15) is 13.2 Å². The first kappa shape index (κ1) is 15.6. The van der Waals surface area contributed by atoms with Crippen molar-refractivity contribution in [2.24, 2.45) is 0 Å². The Kier molecular flexibility index (Phi) is 4.70. The Hall–Kier alpha value is -1.41. The number of nitrogens with one attached hydrogen (secondary N) is 1. The first-order chi connectivity index (χ1) is 8.73. The Morgan fingerprint density at radius 3 is 2.47 bits per heavy atom. The first-order valence-corrected chi connectivity index (χ1v) is 7.47. The predicted octanol–water partition coefficient (Wildman–Crippen LogP) is 1.23. The molecule has 0 spiro atoms. The van der Waals surface area contributed by atoms with Crippen molar-refractivity contribution in [2.45, 2.75) is 45.2 Å². The third-order valence-electron chi connectivity index (χ3n) is 2.70. The fourth-order valence-electron chi connectivity index (χ4n) is 1.83. The van der Waals surface area contributed by atoms with E-state index in [-0.39, 0.29) is 17.3 Å². The molecule has 0 aliphatic rings. The van der Waals surface area contributed by atoms with Gasteiger partial charge in [0.25, 0.3) is 10.0 Å². The molecule has 8 heteroatoms. The van der Waals surface area contributed by atoms with Crippen LogP contribution in [0.5, 0.6) is 0 Å². The van der Waals surface area contributed by atoms with E-state index in [1.807, 2.05) is 6.92 Å². The van der Waals surface area contributed by atoms with Crippen molar-refractivity contribution in [3.05, 3.63) is 11.3 Å². The molecule has 1 heterocycles. The molecule has 0 fully saturated rings. The van der Waals surface area contributed by atoms with Crippen molar-refractivity contribution >= 4 is 16.0 Å². The zero-order valence-electron chi connectivity index (χ0n) is 11.5. The summed E-state index contributed by atoms with van der Waals surface area (Å²) in [5.41, 5.74) is -0.0620. The Labute approximate surface area is 112 Å². The van der Waals surface area contributed by atoms with Crippen molar-refractivity contribution in [1.29, 1.82) is 0 Å². The summed E-state index contributed by atoms with van der Waals surface area (Å²) >= 11 is 0. The lowest BCUT2D eigenvalue weighted by Crippen LogP contribution is -2.38. The van der Waals surface area contributed by atoms with Gasteiger partial charge in [0.2, 0.25) is 5.03 Å². The average Bonchev–Trinajstić information content (AvgIpc) is 2.67. The van der Waals surface area contributed by atoms with E-state index in [0.717, 1.165) is 0 Å². The Morgan fingerprint density at radius 1 is 1.47 bits per heavy atom. The number of aryl methyl sites for hydroxylation is 1. The van der Waals surface area contributed by atoms with Gasteiger partial charge in [0.1, 0.15) is 5.56 Å². The van der Waals surface area contributed by atoms with E-state index in [2.05, 4.69) is 10.2 Å². The molecule has 0 saturated heterocycles. The number of rotatable bonds is 6. The van der Waals surface area contributed by atoms with Gasteiger partial charge in [0.05, 0.1) is 0 Å². The lowest BCUT2D eigenvalue weighted by Gasteiger charge is -2.24. The van der Waals surface area contributed by atoms with E-state index in [1.54, 1.807) is 13.8 Å². The number of hydrogen-bond donors (Lipinski definition) is 2. The number of hydrogen-bond acceptors (Lipinski definition) is 4. The molecule has 1 aromatic rings.